The van der Waals surface area contributed by atoms with E-state index in [2.05, 4.69) is 16.4 Å². The molecule has 2 aromatic rings. The molecule has 0 atom stereocenters. The highest BCUT2D eigenvalue weighted by molar-refractivity contribution is 5.54. The summed E-state index contributed by atoms with van der Waals surface area (Å²) < 4.78 is 24.4. The maximum absolute atomic E-state index is 13.7. The minimum absolute atomic E-state index is 0.177. The number of nitrogens with zero attached hydrogens (tertiary/aromatic N) is 2. The van der Waals surface area contributed by atoms with E-state index in [1.54, 1.807) is 0 Å². The molecule has 0 unspecified atom stereocenters. The van der Waals surface area contributed by atoms with Crippen LogP contribution in [0.2, 0.25) is 0 Å². The third-order valence-electron chi connectivity index (χ3n) is 4.03. The normalized spacial score (nSPS) is 12.9. The standard InChI is InChI=1S/C18H18FN3O2/c1-11-5-14(8-20)18(22-12(11)2)21-4-3-13-6-16(19)7-15-9-23-10-24-17(13)15/h5-7H,3-4,9-10H2,1-2H3,(H,21,22). The number of hydrogen-bond acceptors (Lipinski definition) is 5. The van der Waals surface area contributed by atoms with Crippen molar-refractivity contribution >= 4 is 5.82 Å². The van der Waals surface area contributed by atoms with Crippen molar-refractivity contribution in [2.75, 3.05) is 18.7 Å². The first-order valence-electron chi connectivity index (χ1n) is 7.72. The van der Waals surface area contributed by atoms with E-state index in [1.807, 2.05) is 19.9 Å². The Hall–Kier alpha value is -2.65. The minimum Gasteiger partial charge on any atom is -0.467 e. The van der Waals surface area contributed by atoms with Crippen LogP contribution in [-0.2, 0) is 17.8 Å². The first kappa shape index (κ1) is 16.2. The summed E-state index contributed by atoms with van der Waals surface area (Å²) in [4.78, 5) is 4.42. The molecule has 1 aliphatic heterocycles. The number of hydrogen-bond donors (Lipinski definition) is 1. The quantitative estimate of drug-likeness (QED) is 0.934. The number of nitriles is 1. The summed E-state index contributed by atoms with van der Waals surface area (Å²) in [5.74, 6) is 0.938. The Morgan fingerprint density at radius 3 is 2.96 bits per heavy atom. The van der Waals surface area contributed by atoms with Crippen LogP contribution in [0.1, 0.15) is 27.9 Å². The number of halogens is 1. The van der Waals surface area contributed by atoms with Gasteiger partial charge in [-0.25, -0.2) is 9.37 Å². The van der Waals surface area contributed by atoms with Crippen LogP contribution in [0.3, 0.4) is 0 Å². The molecular formula is C18H18FN3O2. The van der Waals surface area contributed by atoms with Gasteiger partial charge in [-0.3, -0.25) is 0 Å². The van der Waals surface area contributed by atoms with Crippen molar-refractivity contribution in [2.24, 2.45) is 0 Å². The number of pyridine rings is 1. The van der Waals surface area contributed by atoms with Gasteiger partial charge < -0.3 is 14.8 Å². The Labute approximate surface area is 140 Å². The van der Waals surface area contributed by atoms with E-state index in [0.29, 0.717) is 36.7 Å². The largest absolute Gasteiger partial charge is 0.467 e. The number of aryl methyl sites for hydroxylation is 2. The lowest BCUT2D eigenvalue weighted by Crippen LogP contribution is -2.15. The monoisotopic (exact) mass is 327 g/mol. The van der Waals surface area contributed by atoms with Gasteiger partial charge in [0.2, 0.25) is 0 Å². The fourth-order valence-electron chi connectivity index (χ4n) is 2.68. The molecule has 6 heteroatoms. The minimum atomic E-state index is -0.306. The molecule has 5 nitrogen and oxygen atoms in total. The van der Waals surface area contributed by atoms with E-state index < -0.39 is 0 Å². The number of ether oxygens (including phenoxy) is 2. The summed E-state index contributed by atoms with van der Waals surface area (Å²) in [5, 5.41) is 12.4. The second kappa shape index (κ2) is 6.85. The van der Waals surface area contributed by atoms with Crippen molar-refractivity contribution < 1.29 is 13.9 Å². The number of nitrogens with one attached hydrogen (secondary N) is 1. The van der Waals surface area contributed by atoms with Crippen LogP contribution >= 0.6 is 0 Å². The van der Waals surface area contributed by atoms with Crippen molar-refractivity contribution in [1.82, 2.24) is 4.98 Å². The third-order valence-corrected chi connectivity index (χ3v) is 4.03. The number of fused-ring (bicyclic) bond motifs is 1. The van der Waals surface area contributed by atoms with E-state index in [9.17, 15) is 9.65 Å². The van der Waals surface area contributed by atoms with Crippen LogP contribution in [0, 0.1) is 31.0 Å². The molecule has 0 bridgehead atoms. The summed E-state index contributed by atoms with van der Waals surface area (Å²) in [7, 11) is 0. The topological polar surface area (TPSA) is 67.2 Å². The number of anilines is 1. The molecular weight excluding hydrogens is 309 g/mol. The molecule has 0 fully saturated rings. The highest BCUT2D eigenvalue weighted by Gasteiger charge is 2.17. The lowest BCUT2D eigenvalue weighted by atomic mass is 10.1. The van der Waals surface area contributed by atoms with Gasteiger partial charge in [-0.2, -0.15) is 5.26 Å². The Morgan fingerprint density at radius 1 is 1.33 bits per heavy atom. The van der Waals surface area contributed by atoms with Gasteiger partial charge in [0, 0.05) is 17.8 Å². The lowest BCUT2D eigenvalue weighted by Gasteiger charge is -2.21. The zero-order valence-corrected chi connectivity index (χ0v) is 13.6. The van der Waals surface area contributed by atoms with Gasteiger partial charge in [0.25, 0.3) is 0 Å². The number of rotatable bonds is 4. The second-order valence-corrected chi connectivity index (χ2v) is 5.74. The van der Waals surface area contributed by atoms with Gasteiger partial charge in [-0.15, -0.1) is 0 Å². The maximum Gasteiger partial charge on any atom is 0.189 e. The first-order chi connectivity index (χ1) is 11.6. The van der Waals surface area contributed by atoms with E-state index in [1.165, 1.54) is 12.1 Å². The third kappa shape index (κ3) is 3.31. The van der Waals surface area contributed by atoms with E-state index in [-0.39, 0.29) is 12.6 Å². The van der Waals surface area contributed by atoms with E-state index in [0.717, 1.165) is 22.4 Å². The Bertz CT molecular complexity index is 815. The van der Waals surface area contributed by atoms with Gasteiger partial charge in [0.1, 0.15) is 23.5 Å². The molecule has 1 aromatic heterocycles. The van der Waals surface area contributed by atoms with Crippen LogP contribution in [0.4, 0.5) is 10.2 Å². The van der Waals surface area contributed by atoms with Crippen molar-refractivity contribution in [3.63, 3.8) is 0 Å². The zero-order valence-electron chi connectivity index (χ0n) is 13.6. The predicted octanol–water partition coefficient (Wildman–Crippen LogP) is 3.23. The zero-order chi connectivity index (χ0) is 17.1. The molecule has 0 saturated carbocycles. The predicted molar refractivity (Wildman–Crippen MR) is 87.3 cm³/mol. The molecule has 1 aliphatic rings. The highest BCUT2D eigenvalue weighted by Crippen LogP contribution is 2.29. The Kier molecular flexibility index (Phi) is 4.63. The van der Waals surface area contributed by atoms with Crippen LogP contribution in [0.15, 0.2) is 18.2 Å². The van der Waals surface area contributed by atoms with Gasteiger partial charge in [0.05, 0.1) is 12.2 Å². The lowest BCUT2D eigenvalue weighted by molar-refractivity contribution is -0.0172. The van der Waals surface area contributed by atoms with Crippen LogP contribution in [-0.4, -0.2) is 18.3 Å². The molecule has 0 radical (unpaired) electrons. The summed E-state index contributed by atoms with van der Waals surface area (Å²) in [6, 6.07) is 6.87. The van der Waals surface area contributed by atoms with Crippen molar-refractivity contribution in [3.8, 4) is 11.8 Å². The molecule has 1 N–H and O–H groups in total. The number of aromatic nitrogens is 1. The van der Waals surface area contributed by atoms with Gasteiger partial charge in [-0.1, -0.05) is 0 Å². The average molecular weight is 327 g/mol. The molecule has 0 spiro atoms. The number of benzene rings is 1. The molecule has 124 valence electrons. The molecule has 2 heterocycles. The van der Waals surface area contributed by atoms with Crippen LogP contribution in [0.25, 0.3) is 0 Å². The fraction of sp³-hybridized carbons (Fsp3) is 0.333. The van der Waals surface area contributed by atoms with E-state index >= 15 is 0 Å². The van der Waals surface area contributed by atoms with E-state index in [4.69, 9.17) is 9.47 Å². The molecule has 24 heavy (non-hydrogen) atoms. The van der Waals surface area contributed by atoms with Crippen molar-refractivity contribution in [3.05, 3.63) is 52.0 Å². The van der Waals surface area contributed by atoms with Gasteiger partial charge in [0.15, 0.2) is 6.79 Å². The fourth-order valence-corrected chi connectivity index (χ4v) is 2.68. The summed E-state index contributed by atoms with van der Waals surface area (Å²) in [5.41, 5.74) is 3.86. The average Bonchev–Trinajstić information content (AvgIpc) is 2.57. The smallest absolute Gasteiger partial charge is 0.189 e. The summed E-state index contributed by atoms with van der Waals surface area (Å²) in [6.07, 6.45) is 0.555. The Morgan fingerprint density at radius 2 is 2.17 bits per heavy atom. The highest BCUT2D eigenvalue weighted by atomic mass is 19.1. The summed E-state index contributed by atoms with van der Waals surface area (Å²) in [6.45, 7) is 4.87. The first-order valence-corrected chi connectivity index (χ1v) is 7.72. The van der Waals surface area contributed by atoms with Gasteiger partial charge in [-0.05, 0) is 49.6 Å². The molecule has 0 saturated heterocycles. The van der Waals surface area contributed by atoms with Gasteiger partial charge >= 0.3 is 0 Å². The second-order valence-electron chi connectivity index (χ2n) is 5.74. The molecule has 0 aliphatic carbocycles. The van der Waals surface area contributed by atoms with Crippen molar-refractivity contribution in [2.45, 2.75) is 26.9 Å². The van der Waals surface area contributed by atoms with Crippen LogP contribution < -0.4 is 10.1 Å². The Balaban J connectivity index is 1.75. The maximum atomic E-state index is 13.7. The SMILES string of the molecule is Cc1cc(C#N)c(NCCc2cc(F)cc3c2OCOC3)nc1C. The molecule has 3 rings (SSSR count). The summed E-state index contributed by atoms with van der Waals surface area (Å²) >= 11 is 0. The van der Waals surface area contributed by atoms with Crippen LogP contribution in [0.5, 0.6) is 5.75 Å². The van der Waals surface area contributed by atoms with Crippen molar-refractivity contribution in [1.29, 1.82) is 5.26 Å². The molecule has 1 aromatic carbocycles. The molecule has 0 amide bonds.